The summed E-state index contributed by atoms with van der Waals surface area (Å²) in [5.41, 5.74) is 0. The molecule has 1 radical (unpaired) electrons. The van der Waals surface area contributed by atoms with Gasteiger partial charge in [-0.3, -0.25) is 0 Å². The molecule has 0 aromatic rings. The second-order valence-corrected chi connectivity index (χ2v) is 4.61. The highest BCUT2D eigenvalue weighted by Crippen LogP contribution is 2.29. The van der Waals surface area contributed by atoms with E-state index in [1.165, 1.54) is 0 Å². The molecular weight excluding hydrogens is 222 g/mol. The van der Waals surface area contributed by atoms with Crippen LogP contribution in [0.3, 0.4) is 0 Å². The lowest BCUT2D eigenvalue weighted by Gasteiger charge is -2.10. The molecule has 2 nitrogen and oxygen atoms in total. The van der Waals surface area contributed by atoms with E-state index < -0.39 is 3.79 Å². The van der Waals surface area contributed by atoms with Crippen molar-refractivity contribution in [3.8, 4) is 0 Å². The van der Waals surface area contributed by atoms with Gasteiger partial charge >= 0.3 is 0 Å². The second-order valence-electron chi connectivity index (χ2n) is 2.09. The second kappa shape index (κ2) is 7.22. The number of rotatable bonds is 6. The summed E-state index contributed by atoms with van der Waals surface area (Å²) < 4.78 is 8.82. The molecule has 0 atom stereocenters. The predicted octanol–water partition coefficient (Wildman–Crippen LogP) is 2.61. The first-order chi connectivity index (χ1) is 5.56. The third kappa shape index (κ3) is 10.8. The average Bonchev–Trinajstić information content (AvgIpc) is 1.94. The number of alkyl halides is 3. The zero-order valence-corrected chi connectivity index (χ0v) is 8.96. The lowest BCUT2D eigenvalue weighted by atomic mass is 10.5. The Morgan fingerprint density at radius 3 is 2.08 bits per heavy atom. The number of hydrogen-bond acceptors (Lipinski definition) is 2. The quantitative estimate of drug-likeness (QED) is 0.520. The van der Waals surface area contributed by atoms with Gasteiger partial charge < -0.3 is 9.47 Å². The van der Waals surface area contributed by atoms with E-state index in [-0.39, 0.29) is 0 Å². The molecule has 0 aliphatic heterocycles. The fourth-order valence-corrected chi connectivity index (χ4v) is 0.741. The van der Waals surface area contributed by atoms with Crippen molar-refractivity contribution in [2.45, 2.75) is 10.2 Å². The zero-order valence-electron chi connectivity index (χ0n) is 6.69. The Balaban J connectivity index is 3.01. The van der Waals surface area contributed by atoms with Gasteiger partial charge in [0.15, 0.2) is 3.79 Å². The molecule has 0 amide bonds. The maximum absolute atomic E-state index is 5.48. The molecule has 0 fully saturated rings. The van der Waals surface area contributed by atoms with Crippen LogP contribution >= 0.6 is 34.8 Å². The lowest BCUT2D eigenvalue weighted by Crippen LogP contribution is -2.10. The van der Waals surface area contributed by atoms with Crippen LogP contribution in [0.2, 0.25) is 0 Å². The molecule has 0 aliphatic rings. The summed E-state index contributed by atoms with van der Waals surface area (Å²) in [5, 5.41) is 0. The Kier molecular flexibility index (Phi) is 7.69. The summed E-state index contributed by atoms with van der Waals surface area (Å²) in [7, 11) is 0. The van der Waals surface area contributed by atoms with E-state index in [4.69, 9.17) is 44.3 Å². The van der Waals surface area contributed by atoms with Crippen molar-refractivity contribution in [2.24, 2.45) is 0 Å². The first-order valence-corrected chi connectivity index (χ1v) is 4.71. The van der Waals surface area contributed by atoms with Crippen molar-refractivity contribution >= 4 is 34.8 Å². The third-order valence-corrected chi connectivity index (χ3v) is 1.61. The van der Waals surface area contributed by atoms with E-state index >= 15 is 0 Å². The Bertz CT molecular complexity index is 103. The first kappa shape index (κ1) is 12.8. The van der Waals surface area contributed by atoms with Crippen LogP contribution in [0, 0.1) is 6.92 Å². The van der Waals surface area contributed by atoms with Gasteiger partial charge in [-0.25, -0.2) is 0 Å². The number of halogens is 3. The predicted molar refractivity (Wildman–Crippen MR) is 51.9 cm³/mol. The van der Waals surface area contributed by atoms with Crippen molar-refractivity contribution in [3.63, 3.8) is 0 Å². The van der Waals surface area contributed by atoms with Crippen LogP contribution in [0.15, 0.2) is 0 Å². The van der Waals surface area contributed by atoms with Gasteiger partial charge in [0, 0.05) is 13.0 Å². The van der Waals surface area contributed by atoms with Crippen molar-refractivity contribution in [3.05, 3.63) is 6.92 Å². The summed E-state index contributed by atoms with van der Waals surface area (Å²) in [6, 6.07) is 0. The van der Waals surface area contributed by atoms with E-state index in [1.807, 2.05) is 0 Å². The largest absolute Gasteiger partial charge is 0.379 e. The summed E-state index contributed by atoms with van der Waals surface area (Å²) in [6.07, 6.45) is 0.391. The van der Waals surface area contributed by atoms with Crippen molar-refractivity contribution in [1.29, 1.82) is 0 Å². The van der Waals surface area contributed by atoms with Gasteiger partial charge in [-0.05, 0) is 6.92 Å². The molecule has 0 heterocycles. The average molecular weight is 235 g/mol. The molecule has 73 valence electrons. The van der Waals surface area contributed by atoms with Crippen LogP contribution in [-0.4, -0.2) is 30.2 Å². The first-order valence-electron chi connectivity index (χ1n) is 3.58. The van der Waals surface area contributed by atoms with Crippen LogP contribution in [-0.2, 0) is 9.47 Å². The highest BCUT2D eigenvalue weighted by atomic mass is 35.6. The van der Waals surface area contributed by atoms with Crippen LogP contribution in [0.5, 0.6) is 0 Å². The van der Waals surface area contributed by atoms with E-state index in [1.54, 1.807) is 0 Å². The number of ether oxygens (including phenoxy) is 2. The molecule has 0 N–H and O–H groups in total. The minimum Gasteiger partial charge on any atom is -0.379 e. The fourth-order valence-electron chi connectivity index (χ4n) is 0.510. The molecule has 0 unspecified atom stereocenters. The highest BCUT2D eigenvalue weighted by Gasteiger charge is 2.18. The summed E-state index contributed by atoms with van der Waals surface area (Å²) in [4.78, 5) is 0. The molecule has 5 heteroatoms. The number of hydrogen-bond donors (Lipinski definition) is 0. The molecule has 0 saturated heterocycles. The van der Waals surface area contributed by atoms with Crippen LogP contribution in [0.25, 0.3) is 0 Å². The van der Waals surface area contributed by atoms with Crippen molar-refractivity contribution < 1.29 is 9.47 Å². The van der Waals surface area contributed by atoms with Gasteiger partial charge in [0.1, 0.15) is 0 Å². The summed E-state index contributed by atoms with van der Waals surface area (Å²) >= 11 is 16.4. The van der Waals surface area contributed by atoms with E-state index in [9.17, 15) is 0 Å². The Morgan fingerprint density at radius 2 is 1.58 bits per heavy atom. The van der Waals surface area contributed by atoms with Gasteiger partial charge in [0.2, 0.25) is 0 Å². The molecule has 0 rings (SSSR count). The fraction of sp³-hybridized carbons (Fsp3) is 0.857. The van der Waals surface area contributed by atoms with Gasteiger partial charge in [0.05, 0.1) is 19.8 Å². The maximum atomic E-state index is 5.48. The molecule has 0 bridgehead atoms. The molecular formula is C7H12Cl3O2. The van der Waals surface area contributed by atoms with Crippen LogP contribution in [0.4, 0.5) is 0 Å². The molecule has 0 spiro atoms. The van der Waals surface area contributed by atoms with Gasteiger partial charge in [-0.1, -0.05) is 34.8 Å². The zero-order chi connectivity index (χ0) is 9.45. The highest BCUT2D eigenvalue weighted by molar-refractivity contribution is 6.67. The third-order valence-electron chi connectivity index (χ3n) is 1.05. The monoisotopic (exact) mass is 233 g/mol. The lowest BCUT2D eigenvalue weighted by molar-refractivity contribution is 0.0572. The van der Waals surface area contributed by atoms with Crippen LogP contribution < -0.4 is 0 Å². The summed E-state index contributed by atoms with van der Waals surface area (Å²) in [5.74, 6) is 0. The molecule has 0 aromatic carbocycles. The van der Waals surface area contributed by atoms with Gasteiger partial charge in [-0.15, -0.1) is 0 Å². The Hall–Kier alpha value is 0.790. The van der Waals surface area contributed by atoms with Crippen LogP contribution in [0.1, 0.15) is 6.42 Å². The molecule has 12 heavy (non-hydrogen) atoms. The maximum Gasteiger partial charge on any atom is 0.192 e. The SMILES string of the molecule is [CH2]COCCOCCC(Cl)(Cl)Cl. The molecule has 0 saturated carbocycles. The Morgan fingerprint density at radius 1 is 1.00 bits per heavy atom. The smallest absolute Gasteiger partial charge is 0.192 e. The van der Waals surface area contributed by atoms with E-state index in [0.717, 1.165) is 0 Å². The van der Waals surface area contributed by atoms with Crippen molar-refractivity contribution in [2.75, 3.05) is 26.4 Å². The van der Waals surface area contributed by atoms with Gasteiger partial charge in [0.25, 0.3) is 0 Å². The normalized spacial score (nSPS) is 12.0. The minimum atomic E-state index is -1.22. The van der Waals surface area contributed by atoms with Gasteiger partial charge in [-0.2, -0.15) is 0 Å². The molecule has 0 aliphatic carbocycles. The van der Waals surface area contributed by atoms with E-state index in [0.29, 0.717) is 32.8 Å². The minimum absolute atomic E-state index is 0.391. The topological polar surface area (TPSA) is 18.5 Å². The standard InChI is InChI=1S/C7H12Cl3O2/c1-2-11-5-6-12-4-3-7(8,9)10/h1-6H2. The Labute approximate surface area is 88.1 Å². The van der Waals surface area contributed by atoms with E-state index in [2.05, 4.69) is 6.92 Å². The summed E-state index contributed by atoms with van der Waals surface area (Å²) in [6.45, 7) is 5.42. The molecule has 0 aromatic heterocycles. The van der Waals surface area contributed by atoms with Crippen molar-refractivity contribution in [1.82, 2.24) is 0 Å².